The Morgan fingerprint density at radius 3 is 0.926 bits per heavy atom. The second kappa shape index (κ2) is 17.8. The maximum atomic E-state index is 2.48. The number of anilines is 6. The van der Waals surface area contributed by atoms with Gasteiger partial charge in [0.25, 0.3) is 0 Å². The number of rotatable bonds is 10. The SMILES string of the molecule is c1ccc(-c2cccc(N(c3cc4cc(-c5ccccc5)c(N(c5cccc(-c6ccccc6)c5)c5cccc6ccccc56)cc4cc3-c3ccccc3)c3cccc4ccccc34)c2)cc1. The van der Waals surface area contributed by atoms with Crippen LogP contribution < -0.4 is 9.80 Å². The van der Waals surface area contributed by atoms with Crippen LogP contribution in [-0.2, 0) is 0 Å². The van der Waals surface area contributed by atoms with E-state index in [1.807, 2.05) is 0 Å². The predicted octanol–water partition coefficient (Wildman–Crippen LogP) is 18.8. The largest absolute Gasteiger partial charge is 0.309 e. The molecular weight excluding hydrogens is 821 g/mol. The molecule has 0 bridgehead atoms. The fourth-order valence-electron chi connectivity index (χ4n) is 9.93. The van der Waals surface area contributed by atoms with E-state index >= 15 is 0 Å². The molecule has 12 rings (SSSR count). The van der Waals surface area contributed by atoms with Gasteiger partial charge < -0.3 is 9.80 Å². The Morgan fingerprint density at radius 2 is 0.515 bits per heavy atom. The molecule has 0 N–H and O–H groups in total. The molecule has 0 spiro atoms. The molecule has 0 atom stereocenters. The van der Waals surface area contributed by atoms with Gasteiger partial charge in [-0.25, -0.2) is 0 Å². The zero-order valence-corrected chi connectivity index (χ0v) is 37.5. The topological polar surface area (TPSA) is 6.48 Å². The quantitative estimate of drug-likeness (QED) is 0.135. The molecule has 0 aliphatic carbocycles. The molecule has 0 saturated heterocycles. The lowest BCUT2D eigenvalue weighted by atomic mass is 9.92. The number of fused-ring (bicyclic) bond motifs is 3. The molecule has 0 unspecified atom stereocenters. The summed E-state index contributed by atoms with van der Waals surface area (Å²) in [6.07, 6.45) is 0. The second-order valence-corrected chi connectivity index (χ2v) is 17.3. The lowest BCUT2D eigenvalue weighted by Crippen LogP contribution is -2.13. The Labute approximate surface area is 397 Å². The van der Waals surface area contributed by atoms with Crippen molar-refractivity contribution in [1.29, 1.82) is 0 Å². The van der Waals surface area contributed by atoms with E-state index < -0.39 is 0 Å². The van der Waals surface area contributed by atoms with Crippen LogP contribution in [0.4, 0.5) is 34.1 Å². The van der Waals surface area contributed by atoms with E-state index in [1.54, 1.807) is 0 Å². The van der Waals surface area contributed by atoms with Crippen molar-refractivity contribution in [3.05, 3.63) is 279 Å². The minimum absolute atomic E-state index is 1.08. The summed E-state index contributed by atoms with van der Waals surface area (Å²) in [6, 6.07) is 102. The van der Waals surface area contributed by atoms with Crippen molar-refractivity contribution in [2.45, 2.75) is 0 Å². The minimum atomic E-state index is 1.08. The van der Waals surface area contributed by atoms with E-state index in [0.29, 0.717) is 0 Å². The molecule has 12 aromatic rings. The maximum absolute atomic E-state index is 2.48. The van der Waals surface area contributed by atoms with Gasteiger partial charge in [0, 0.05) is 33.3 Å². The highest BCUT2D eigenvalue weighted by atomic mass is 15.2. The van der Waals surface area contributed by atoms with Crippen molar-refractivity contribution >= 4 is 66.4 Å². The van der Waals surface area contributed by atoms with Gasteiger partial charge in [0.15, 0.2) is 0 Å². The number of nitrogens with zero attached hydrogens (tertiary/aromatic N) is 2. The zero-order chi connectivity index (χ0) is 45.2. The molecule has 0 aromatic heterocycles. The van der Waals surface area contributed by atoms with E-state index in [9.17, 15) is 0 Å². The highest BCUT2D eigenvalue weighted by Crippen LogP contribution is 2.50. The second-order valence-electron chi connectivity index (χ2n) is 17.3. The Morgan fingerprint density at radius 1 is 0.191 bits per heavy atom. The summed E-state index contributed by atoms with van der Waals surface area (Å²) in [6.45, 7) is 0. The standard InChI is InChI=1S/C66H46N2/c1-5-21-47(22-6-1)53-33-17-35-57(41-53)67(63-39-19-31-49-29-13-15-37-59(49)63)65-45-55-44-62(52-27-11-4-12-28-52)66(46-56(55)43-61(65)51-25-9-3-10-26-51)68(64-40-20-32-50-30-14-16-38-60(50)64)58-36-18-34-54(42-58)48-23-7-2-8-24-48/h1-46H. The van der Waals surface area contributed by atoms with Crippen LogP contribution in [0.2, 0.25) is 0 Å². The minimum Gasteiger partial charge on any atom is -0.309 e. The van der Waals surface area contributed by atoms with Crippen LogP contribution in [0.3, 0.4) is 0 Å². The summed E-state index contributed by atoms with van der Waals surface area (Å²) < 4.78 is 0. The molecule has 0 aliphatic rings. The van der Waals surface area contributed by atoms with Gasteiger partial charge >= 0.3 is 0 Å². The molecule has 68 heavy (non-hydrogen) atoms. The smallest absolute Gasteiger partial charge is 0.0546 e. The van der Waals surface area contributed by atoms with Crippen molar-refractivity contribution < 1.29 is 0 Å². The number of benzene rings is 12. The molecule has 2 heteroatoms. The molecule has 0 aliphatic heterocycles. The van der Waals surface area contributed by atoms with Gasteiger partial charge in [0.2, 0.25) is 0 Å². The fourth-order valence-corrected chi connectivity index (χ4v) is 9.93. The third kappa shape index (κ3) is 7.64. The molecule has 0 heterocycles. The molecule has 0 amide bonds. The third-order valence-corrected chi connectivity index (χ3v) is 13.2. The van der Waals surface area contributed by atoms with Gasteiger partial charge in [-0.2, -0.15) is 0 Å². The van der Waals surface area contributed by atoms with Gasteiger partial charge in [-0.3, -0.25) is 0 Å². The summed E-state index contributed by atoms with van der Waals surface area (Å²) >= 11 is 0. The van der Waals surface area contributed by atoms with Crippen LogP contribution in [-0.4, -0.2) is 0 Å². The van der Waals surface area contributed by atoms with Crippen LogP contribution in [0.1, 0.15) is 0 Å². The van der Waals surface area contributed by atoms with Gasteiger partial charge in [-0.15, -0.1) is 0 Å². The van der Waals surface area contributed by atoms with Crippen LogP contribution in [0, 0.1) is 0 Å². The molecule has 0 radical (unpaired) electrons. The average molecular weight is 867 g/mol. The van der Waals surface area contributed by atoms with E-state index in [0.717, 1.165) is 78.3 Å². The fraction of sp³-hybridized carbons (Fsp3) is 0. The first-order valence-corrected chi connectivity index (χ1v) is 23.3. The summed E-state index contributed by atoms with van der Waals surface area (Å²) in [5.41, 5.74) is 15.8. The molecule has 12 aromatic carbocycles. The average Bonchev–Trinajstić information content (AvgIpc) is 3.42. The normalized spacial score (nSPS) is 11.2. The maximum Gasteiger partial charge on any atom is 0.0546 e. The van der Waals surface area contributed by atoms with Crippen molar-refractivity contribution in [2.24, 2.45) is 0 Å². The van der Waals surface area contributed by atoms with Crippen molar-refractivity contribution in [2.75, 3.05) is 9.80 Å². The van der Waals surface area contributed by atoms with Gasteiger partial charge in [0.1, 0.15) is 0 Å². The summed E-state index contributed by atoms with van der Waals surface area (Å²) in [5.74, 6) is 0. The van der Waals surface area contributed by atoms with Crippen LogP contribution in [0.15, 0.2) is 279 Å². The monoisotopic (exact) mass is 866 g/mol. The molecule has 320 valence electrons. The predicted molar refractivity (Wildman–Crippen MR) is 290 cm³/mol. The van der Waals surface area contributed by atoms with E-state index in [1.165, 1.54) is 32.7 Å². The van der Waals surface area contributed by atoms with E-state index in [-0.39, 0.29) is 0 Å². The molecular formula is C66H46N2. The molecule has 0 fully saturated rings. The lowest BCUT2D eigenvalue weighted by Gasteiger charge is -2.31. The summed E-state index contributed by atoms with van der Waals surface area (Å²) in [5, 5.41) is 7.03. The van der Waals surface area contributed by atoms with E-state index in [2.05, 4.69) is 289 Å². The van der Waals surface area contributed by atoms with E-state index in [4.69, 9.17) is 0 Å². The Kier molecular flexibility index (Phi) is 10.6. The van der Waals surface area contributed by atoms with Crippen LogP contribution >= 0.6 is 0 Å². The summed E-state index contributed by atoms with van der Waals surface area (Å²) in [4.78, 5) is 4.95. The number of hydrogen-bond donors (Lipinski definition) is 0. The Balaban J connectivity index is 1.16. The van der Waals surface area contributed by atoms with Crippen molar-refractivity contribution in [3.8, 4) is 44.5 Å². The lowest BCUT2D eigenvalue weighted by molar-refractivity contribution is 1.29. The highest BCUT2D eigenvalue weighted by Gasteiger charge is 2.24. The number of hydrogen-bond acceptors (Lipinski definition) is 2. The first-order chi connectivity index (χ1) is 33.7. The highest BCUT2D eigenvalue weighted by molar-refractivity contribution is 6.08. The van der Waals surface area contributed by atoms with Crippen molar-refractivity contribution in [3.63, 3.8) is 0 Å². The van der Waals surface area contributed by atoms with Crippen molar-refractivity contribution in [1.82, 2.24) is 0 Å². The Bertz CT molecular complexity index is 3470. The first-order valence-electron chi connectivity index (χ1n) is 23.3. The third-order valence-electron chi connectivity index (χ3n) is 13.2. The first kappa shape index (κ1) is 40.5. The Hall–Kier alpha value is -8.98. The molecule has 2 nitrogen and oxygen atoms in total. The summed E-state index contributed by atoms with van der Waals surface area (Å²) in [7, 11) is 0. The van der Waals surface area contributed by atoms with Gasteiger partial charge in [0.05, 0.1) is 22.7 Å². The van der Waals surface area contributed by atoms with Gasteiger partial charge in [-0.05, 0) is 116 Å². The van der Waals surface area contributed by atoms with Crippen LogP contribution in [0.5, 0.6) is 0 Å². The molecule has 0 saturated carbocycles. The van der Waals surface area contributed by atoms with Gasteiger partial charge in [-0.1, -0.05) is 218 Å². The zero-order valence-electron chi connectivity index (χ0n) is 37.5. The van der Waals surface area contributed by atoms with Crippen LogP contribution in [0.25, 0.3) is 76.8 Å².